The summed E-state index contributed by atoms with van der Waals surface area (Å²) in [4.78, 5) is 1.30. The summed E-state index contributed by atoms with van der Waals surface area (Å²) in [5.74, 6) is 0. The summed E-state index contributed by atoms with van der Waals surface area (Å²) < 4.78 is 32.6. The van der Waals surface area contributed by atoms with Crippen LogP contribution < -0.4 is 10.0 Å². The fourth-order valence-electron chi connectivity index (χ4n) is 1.93. The Morgan fingerprint density at radius 2 is 2.19 bits per heavy atom. The van der Waals surface area contributed by atoms with E-state index in [0.717, 1.165) is 17.9 Å². The summed E-state index contributed by atoms with van der Waals surface area (Å²) in [5.41, 5.74) is 0. The van der Waals surface area contributed by atoms with Crippen LogP contribution in [0, 0.1) is 0 Å². The van der Waals surface area contributed by atoms with Crippen LogP contribution in [0.2, 0.25) is 0 Å². The van der Waals surface area contributed by atoms with Crippen molar-refractivity contribution in [3.05, 3.63) is 16.3 Å². The molecule has 1 aliphatic rings. The van der Waals surface area contributed by atoms with Crippen LogP contribution >= 0.6 is 11.3 Å². The zero-order valence-corrected chi connectivity index (χ0v) is 14.1. The molecule has 0 amide bonds. The molecular weight excluding hydrogens is 308 g/mol. The predicted octanol–water partition coefficient (Wildman–Crippen LogP) is 2.10. The second-order valence-corrected chi connectivity index (χ2v) is 7.96. The number of ether oxygens (including phenoxy) is 1. The fraction of sp³-hybridized carbons (Fsp3) is 0.714. The van der Waals surface area contributed by atoms with Gasteiger partial charge in [-0.3, -0.25) is 0 Å². The van der Waals surface area contributed by atoms with E-state index in [1.807, 2.05) is 5.38 Å². The average molecular weight is 332 g/mol. The van der Waals surface area contributed by atoms with Crippen molar-refractivity contribution in [1.29, 1.82) is 0 Å². The van der Waals surface area contributed by atoms with E-state index in [0.29, 0.717) is 37.1 Å². The van der Waals surface area contributed by atoms with Gasteiger partial charge >= 0.3 is 0 Å². The first kappa shape index (κ1) is 16.9. The number of hydrogen-bond acceptors (Lipinski definition) is 5. The van der Waals surface area contributed by atoms with Gasteiger partial charge in [0.1, 0.15) is 0 Å². The smallest absolute Gasteiger partial charge is 0.241 e. The van der Waals surface area contributed by atoms with Gasteiger partial charge in [-0.05, 0) is 37.1 Å². The highest BCUT2D eigenvalue weighted by atomic mass is 32.2. The topological polar surface area (TPSA) is 67.4 Å². The molecule has 1 aliphatic carbocycles. The van der Waals surface area contributed by atoms with Gasteiger partial charge in [0.05, 0.1) is 4.90 Å². The van der Waals surface area contributed by atoms with Crippen molar-refractivity contribution in [2.75, 3.05) is 19.8 Å². The number of nitrogens with one attached hydrogen (secondary N) is 2. The molecule has 5 nitrogen and oxygen atoms in total. The van der Waals surface area contributed by atoms with E-state index in [4.69, 9.17) is 4.74 Å². The summed E-state index contributed by atoms with van der Waals surface area (Å²) in [7, 11) is -3.40. The quantitative estimate of drug-likeness (QED) is 0.609. The Morgan fingerprint density at radius 3 is 2.90 bits per heavy atom. The Morgan fingerprint density at radius 1 is 1.38 bits per heavy atom. The molecule has 1 heterocycles. The van der Waals surface area contributed by atoms with Crippen LogP contribution in [-0.4, -0.2) is 34.2 Å². The van der Waals surface area contributed by atoms with Crippen molar-refractivity contribution in [3.8, 4) is 0 Å². The van der Waals surface area contributed by atoms with Crippen molar-refractivity contribution in [1.82, 2.24) is 10.0 Å². The molecule has 1 aromatic rings. The molecule has 0 aliphatic heterocycles. The minimum atomic E-state index is -3.40. The highest BCUT2D eigenvalue weighted by molar-refractivity contribution is 7.89. The Bertz CT molecular complexity index is 524. The third kappa shape index (κ3) is 5.67. The first-order valence-corrected chi connectivity index (χ1v) is 9.87. The highest BCUT2D eigenvalue weighted by Crippen LogP contribution is 2.24. The van der Waals surface area contributed by atoms with Crippen molar-refractivity contribution in [2.45, 2.75) is 50.1 Å². The average Bonchev–Trinajstić information content (AvgIpc) is 3.16. The van der Waals surface area contributed by atoms with Crippen LogP contribution in [0.5, 0.6) is 0 Å². The summed E-state index contributed by atoms with van der Waals surface area (Å²) in [6.07, 6.45) is 4.07. The van der Waals surface area contributed by atoms with Gasteiger partial charge in [-0.2, -0.15) is 0 Å². The van der Waals surface area contributed by atoms with Crippen LogP contribution in [0.3, 0.4) is 0 Å². The van der Waals surface area contributed by atoms with Crippen LogP contribution in [0.4, 0.5) is 0 Å². The van der Waals surface area contributed by atoms with Crippen molar-refractivity contribution in [2.24, 2.45) is 0 Å². The van der Waals surface area contributed by atoms with Crippen molar-refractivity contribution in [3.63, 3.8) is 0 Å². The van der Waals surface area contributed by atoms with Gasteiger partial charge in [-0.15, -0.1) is 11.3 Å². The van der Waals surface area contributed by atoms with Gasteiger partial charge in [0.15, 0.2) is 0 Å². The molecule has 0 atom stereocenters. The third-order valence-electron chi connectivity index (χ3n) is 3.23. The lowest BCUT2D eigenvalue weighted by atomic mass is 10.4. The molecule has 0 spiro atoms. The summed E-state index contributed by atoms with van der Waals surface area (Å²) in [6.45, 7) is 4.43. The second kappa shape index (κ2) is 8.24. The van der Waals surface area contributed by atoms with Gasteiger partial charge in [0, 0.05) is 37.2 Å². The maximum atomic E-state index is 12.3. The highest BCUT2D eigenvalue weighted by Gasteiger charge is 2.23. The molecule has 0 radical (unpaired) electrons. The maximum absolute atomic E-state index is 12.3. The lowest BCUT2D eigenvalue weighted by Crippen LogP contribution is -2.27. The minimum Gasteiger partial charge on any atom is -0.381 e. The monoisotopic (exact) mass is 332 g/mol. The molecule has 2 N–H and O–H groups in total. The van der Waals surface area contributed by atoms with Gasteiger partial charge in [0.25, 0.3) is 0 Å². The Kier molecular flexibility index (Phi) is 6.63. The third-order valence-corrected chi connectivity index (χ3v) is 5.82. The second-order valence-electron chi connectivity index (χ2n) is 5.23. The minimum absolute atomic E-state index is 0.412. The lowest BCUT2D eigenvalue weighted by molar-refractivity contribution is 0.133. The zero-order chi connectivity index (χ0) is 15.1. The molecular formula is C14H24N2O3S2. The van der Waals surface area contributed by atoms with E-state index in [1.165, 1.54) is 24.2 Å². The lowest BCUT2D eigenvalue weighted by Gasteiger charge is -2.08. The van der Waals surface area contributed by atoms with E-state index in [-0.39, 0.29) is 0 Å². The number of hydrogen-bond donors (Lipinski definition) is 2. The molecule has 0 unspecified atom stereocenters. The molecule has 120 valence electrons. The van der Waals surface area contributed by atoms with Crippen LogP contribution in [0.15, 0.2) is 16.3 Å². The molecule has 1 fully saturated rings. The standard InChI is InChI=1S/C14H24N2O3S2/c1-2-8-19-9-3-7-16-21(17,18)14-6-10-20-13(14)11-15-12-4-5-12/h6,10,12,15-16H,2-5,7-9,11H2,1H3. The molecule has 0 saturated heterocycles. The van der Waals surface area contributed by atoms with Crippen LogP contribution in [-0.2, 0) is 21.3 Å². The molecule has 21 heavy (non-hydrogen) atoms. The van der Waals surface area contributed by atoms with E-state index < -0.39 is 10.0 Å². The SMILES string of the molecule is CCCOCCCNS(=O)(=O)c1ccsc1CNC1CC1. The number of sulfonamides is 1. The largest absolute Gasteiger partial charge is 0.381 e. The molecule has 1 saturated carbocycles. The first-order chi connectivity index (χ1) is 10.1. The van der Waals surface area contributed by atoms with E-state index in [2.05, 4.69) is 17.0 Å². The number of thiophene rings is 1. The van der Waals surface area contributed by atoms with Crippen LogP contribution in [0.1, 0.15) is 37.5 Å². The van der Waals surface area contributed by atoms with E-state index >= 15 is 0 Å². The van der Waals surface area contributed by atoms with E-state index in [1.54, 1.807) is 6.07 Å². The number of rotatable bonds is 11. The van der Waals surface area contributed by atoms with Gasteiger partial charge in [-0.25, -0.2) is 13.1 Å². The summed E-state index contributed by atoms with van der Waals surface area (Å²) in [5, 5.41) is 5.20. The van der Waals surface area contributed by atoms with Gasteiger partial charge in [-0.1, -0.05) is 6.92 Å². The molecule has 2 rings (SSSR count). The summed E-state index contributed by atoms with van der Waals surface area (Å²) in [6, 6.07) is 2.26. The zero-order valence-electron chi connectivity index (χ0n) is 12.4. The fourth-order valence-corrected chi connectivity index (χ4v) is 4.39. The molecule has 1 aromatic heterocycles. The Balaban J connectivity index is 1.79. The van der Waals surface area contributed by atoms with Crippen LogP contribution in [0.25, 0.3) is 0 Å². The molecule has 0 aromatic carbocycles. The predicted molar refractivity (Wildman–Crippen MR) is 85.1 cm³/mol. The Labute approximate surface area is 131 Å². The van der Waals surface area contributed by atoms with E-state index in [9.17, 15) is 8.42 Å². The van der Waals surface area contributed by atoms with Crippen molar-refractivity contribution < 1.29 is 13.2 Å². The Hall–Kier alpha value is -0.470. The van der Waals surface area contributed by atoms with Crippen molar-refractivity contribution >= 4 is 21.4 Å². The van der Waals surface area contributed by atoms with Gasteiger partial charge in [0.2, 0.25) is 10.0 Å². The normalized spacial score (nSPS) is 15.5. The maximum Gasteiger partial charge on any atom is 0.241 e. The molecule has 7 heteroatoms. The van der Waals surface area contributed by atoms with Gasteiger partial charge < -0.3 is 10.1 Å². The first-order valence-electron chi connectivity index (χ1n) is 7.50. The molecule has 0 bridgehead atoms. The summed E-state index contributed by atoms with van der Waals surface area (Å²) >= 11 is 1.49.